The fourth-order valence-corrected chi connectivity index (χ4v) is 5.06. The van der Waals surface area contributed by atoms with Crippen molar-refractivity contribution in [1.82, 2.24) is 20.5 Å². The number of nitrogens with one attached hydrogen (secondary N) is 2. The van der Waals surface area contributed by atoms with E-state index < -0.39 is 41.2 Å². The summed E-state index contributed by atoms with van der Waals surface area (Å²) in [4.78, 5) is 30.7. The molecule has 2 aromatic carbocycles. The predicted molar refractivity (Wildman–Crippen MR) is 159 cm³/mol. The molecule has 0 aliphatic carbocycles. The highest BCUT2D eigenvalue weighted by atomic mass is 35.5. The number of aliphatic hydroxyl groups is 1. The van der Waals surface area contributed by atoms with Crippen LogP contribution in [0, 0.1) is 5.82 Å². The van der Waals surface area contributed by atoms with Crippen LogP contribution >= 0.6 is 11.6 Å². The number of carbonyl (C=O) groups is 2. The minimum Gasteiger partial charge on any atom is -0.496 e. The third kappa shape index (κ3) is 6.94. The average molecular weight is 653 g/mol. The van der Waals surface area contributed by atoms with E-state index in [1.165, 1.54) is 44.6 Å². The lowest BCUT2D eigenvalue weighted by Gasteiger charge is -2.33. The number of hydrogen-bond donors (Lipinski definition) is 3. The molecule has 242 valence electrons. The van der Waals surface area contributed by atoms with Crippen LogP contribution < -0.4 is 20.1 Å². The summed E-state index contributed by atoms with van der Waals surface area (Å²) >= 11 is 5.96. The van der Waals surface area contributed by atoms with Crippen LogP contribution in [-0.2, 0) is 17.6 Å². The van der Waals surface area contributed by atoms with Gasteiger partial charge in [-0.25, -0.2) is 14.2 Å². The SMILES string of the molecule is COc1cc(C(=O)NCC(O)(c2cc(C(C)(C)C)c(OC)c(-c3ccc(F)c(Cl)c3)n2)C(F)(F)F)ccc1CN1CCNC1=O. The molecule has 14 heteroatoms. The molecule has 0 radical (unpaired) electrons. The number of amides is 3. The van der Waals surface area contributed by atoms with Crippen molar-refractivity contribution in [2.24, 2.45) is 0 Å². The molecule has 1 aliphatic heterocycles. The number of methoxy groups -OCH3 is 2. The first-order valence-corrected chi connectivity index (χ1v) is 14.2. The van der Waals surface area contributed by atoms with Crippen LogP contribution in [-0.4, -0.2) is 67.0 Å². The van der Waals surface area contributed by atoms with Gasteiger partial charge >= 0.3 is 12.2 Å². The Balaban J connectivity index is 1.72. The number of aromatic nitrogens is 1. The third-order valence-electron chi connectivity index (χ3n) is 7.43. The topological polar surface area (TPSA) is 113 Å². The van der Waals surface area contributed by atoms with Crippen molar-refractivity contribution in [1.29, 1.82) is 0 Å². The molecule has 1 aliphatic rings. The molecule has 0 saturated carbocycles. The zero-order chi connectivity index (χ0) is 33.3. The molecule has 1 fully saturated rings. The van der Waals surface area contributed by atoms with Crippen molar-refractivity contribution in [3.05, 3.63) is 75.7 Å². The van der Waals surface area contributed by atoms with E-state index in [9.17, 15) is 32.3 Å². The number of ether oxygens (including phenoxy) is 2. The van der Waals surface area contributed by atoms with E-state index in [-0.39, 0.29) is 51.5 Å². The second kappa shape index (κ2) is 12.7. The average Bonchev–Trinajstić information content (AvgIpc) is 3.39. The van der Waals surface area contributed by atoms with Crippen LogP contribution in [0.3, 0.4) is 0 Å². The molecule has 3 aromatic rings. The lowest BCUT2D eigenvalue weighted by molar-refractivity contribution is -0.265. The number of benzene rings is 2. The van der Waals surface area contributed by atoms with Crippen LogP contribution in [0.4, 0.5) is 22.4 Å². The van der Waals surface area contributed by atoms with Crippen molar-refractivity contribution in [2.75, 3.05) is 33.9 Å². The van der Waals surface area contributed by atoms with E-state index in [2.05, 4.69) is 15.6 Å². The highest BCUT2D eigenvalue weighted by Gasteiger charge is 2.57. The maximum absolute atomic E-state index is 14.7. The predicted octanol–water partition coefficient (Wildman–Crippen LogP) is 5.56. The Bertz CT molecular complexity index is 1610. The Kier molecular flexibility index (Phi) is 9.55. The van der Waals surface area contributed by atoms with Crippen molar-refractivity contribution >= 4 is 23.5 Å². The third-order valence-corrected chi connectivity index (χ3v) is 7.72. The first-order valence-electron chi connectivity index (χ1n) is 13.8. The van der Waals surface area contributed by atoms with Crippen molar-refractivity contribution in [3.63, 3.8) is 0 Å². The van der Waals surface area contributed by atoms with Gasteiger partial charge in [-0.1, -0.05) is 38.4 Å². The van der Waals surface area contributed by atoms with Gasteiger partial charge in [-0.2, -0.15) is 13.2 Å². The zero-order valence-electron chi connectivity index (χ0n) is 25.2. The van der Waals surface area contributed by atoms with Crippen LogP contribution in [0.25, 0.3) is 11.3 Å². The minimum atomic E-state index is -5.30. The molecule has 3 N–H and O–H groups in total. The Hall–Kier alpha value is -4.10. The number of halogens is 5. The van der Waals surface area contributed by atoms with E-state index in [1.54, 1.807) is 25.7 Å². The van der Waals surface area contributed by atoms with E-state index in [0.29, 0.717) is 18.7 Å². The van der Waals surface area contributed by atoms with Gasteiger partial charge in [0.2, 0.25) is 5.60 Å². The Labute approximate surface area is 262 Å². The molecule has 4 rings (SSSR count). The van der Waals surface area contributed by atoms with Crippen molar-refractivity contribution in [3.8, 4) is 22.8 Å². The highest BCUT2D eigenvalue weighted by Crippen LogP contribution is 2.44. The molecule has 0 bridgehead atoms. The fraction of sp³-hybridized carbons (Fsp3) is 0.387. The summed E-state index contributed by atoms with van der Waals surface area (Å²) in [5, 5.41) is 15.8. The van der Waals surface area contributed by atoms with E-state index in [0.717, 1.165) is 12.1 Å². The Morgan fingerprint density at radius 3 is 2.38 bits per heavy atom. The number of pyridine rings is 1. The molecular weight excluding hydrogens is 620 g/mol. The van der Waals surface area contributed by atoms with E-state index in [4.69, 9.17) is 21.1 Å². The summed E-state index contributed by atoms with van der Waals surface area (Å²) < 4.78 is 69.0. The second-order valence-electron chi connectivity index (χ2n) is 11.5. The van der Waals surface area contributed by atoms with Gasteiger partial charge in [-0.05, 0) is 41.8 Å². The molecule has 0 spiro atoms. The maximum Gasteiger partial charge on any atom is 0.424 e. The van der Waals surface area contributed by atoms with Gasteiger partial charge < -0.3 is 30.1 Å². The van der Waals surface area contributed by atoms with Gasteiger partial charge in [0.05, 0.1) is 38.0 Å². The van der Waals surface area contributed by atoms with Gasteiger partial charge in [0.25, 0.3) is 5.91 Å². The minimum absolute atomic E-state index is 0.0364. The first kappa shape index (κ1) is 33.8. The molecule has 1 unspecified atom stereocenters. The summed E-state index contributed by atoms with van der Waals surface area (Å²) in [5.41, 5.74) is -4.40. The summed E-state index contributed by atoms with van der Waals surface area (Å²) in [7, 11) is 2.68. The normalized spacial score (nSPS) is 15.0. The molecule has 1 aromatic heterocycles. The van der Waals surface area contributed by atoms with Gasteiger partial charge in [-0.15, -0.1) is 0 Å². The standard InChI is InChI=1S/C31H33ClF4N4O5/c1-29(2,3)20-14-24(39-25(26(20)45-5)17-8-9-22(33)21(32)12-17)30(43,31(34,35)36)16-38-27(41)18-6-7-19(23(13-18)44-4)15-40-11-10-37-28(40)42/h6-9,12-14,43H,10-11,15-16H2,1-5H3,(H,37,42)(H,38,41). The quantitative estimate of drug-likeness (QED) is 0.261. The lowest BCUT2D eigenvalue weighted by Crippen LogP contribution is -2.51. The lowest BCUT2D eigenvalue weighted by atomic mass is 9.83. The molecule has 9 nitrogen and oxygen atoms in total. The zero-order valence-corrected chi connectivity index (χ0v) is 26.0. The second-order valence-corrected chi connectivity index (χ2v) is 11.9. The summed E-state index contributed by atoms with van der Waals surface area (Å²) in [6.45, 7) is 5.08. The van der Waals surface area contributed by atoms with Gasteiger partial charge in [-0.3, -0.25) is 4.79 Å². The first-order chi connectivity index (χ1) is 21.0. The summed E-state index contributed by atoms with van der Waals surface area (Å²) in [6.07, 6.45) is -5.30. The van der Waals surface area contributed by atoms with Crippen LogP contribution in [0.1, 0.15) is 48.0 Å². The summed E-state index contributed by atoms with van der Waals surface area (Å²) in [5.74, 6) is -1.30. The highest BCUT2D eigenvalue weighted by molar-refractivity contribution is 6.31. The van der Waals surface area contributed by atoms with Gasteiger partial charge in [0.15, 0.2) is 0 Å². The van der Waals surface area contributed by atoms with Gasteiger partial charge in [0, 0.05) is 35.3 Å². The molecule has 1 atom stereocenters. The van der Waals surface area contributed by atoms with Crippen LogP contribution in [0.15, 0.2) is 42.5 Å². The molecule has 2 heterocycles. The van der Waals surface area contributed by atoms with Crippen molar-refractivity contribution in [2.45, 2.75) is 44.5 Å². The van der Waals surface area contributed by atoms with Crippen LogP contribution in [0.5, 0.6) is 11.5 Å². The molecule has 45 heavy (non-hydrogen) atoms. The smallest absolute Gasteiger partial charge is 0.424 e. The van der Waals surface area contributed by atoms with Crippen molar-refractivity contribution < 1.29 is 41.7 Å². The molecular formula is C31H33ClF4N4O5. The maximum atomic E-state index is 14.7. The van der Waals surface area contributed by atoms with Crippen LogP contribution in [0.2, 0.25) is 5.02 Å². The monoisotopic (exact) mass is 652 g/mol. The number of nitrogens with zero attached hydrogens (tertiary/aromatic N) is 2. The number of urea groups is 1. The van der Waals surface area contributed by atoms with Gasteiger partial charge in [0.1, 0.15) is 23.0 Å². The number of carbonyl (C=O) groups excluding carboxylic acids is 2. The molecule has 1 saturated heterocycles. The molecule has 3 amide bonds. The van der Waals surface area contributed by atoms with E-state index >= 15 is 0 Å². The fourth-order valence-electron chi connectivity index (χ4n) is 4.88. The van der Waals surface area contributed by atoms with E-state index in [1.807, 2.05) is 0 Å². The largest absolute Gasteiger partial charge is 0.496 e. The Morgan fingerprint density at radius 2 is 1.82 bits per heavy atom. The Morgan fingerprint density at radius 1 is 1.11 bits per heavy atom. The number of rotatable bonds is 9. The number of alkyl halides is 3. The number of hydrogen-bond acceptors (Lipinski definition) is 6. The summed E-state index contributed by atoms with van der Waals surface area (Å²) in [6, 6.07) is 8.60.